The van der Waals surface area contributed by atoms with E-state index in [9.17, 15) is 22.4 Å². The third kappa shape index (κ3) is 4.19. The highest BCUT2D eigenvalue weighted by Gasteiger charge is 2.46. The summed E-state index contributed by atoms with van der Waals surface area (Å²) in [6.45, 7) is 1.54. The van der Waals surface area contributed by atoms with Crippen molar-refractivity contribution in [2.24, 2.45) is 5.92 Å². The molecule has 1 heterocycles. The van der Waals surface area contributed by atoms with Gasteiger partial charge in [-0.25, -0.2) is 4.39 Å². The van der Waals surface area contributed by atoms with Gasteiger partial charge in [-0.1, -0.05) is 29.4 Å². The molecule has 30 heavy (non-hydrogen) atoms. The van der Waals surface area contributed by atoms with Crippen molar-refractivity contribution in [3.8, 4) is 11.4 Å². The summed E-state index contributed by atoms with van der Waals surface area (Å²) in [5.41, 5.74) is 0.166. The first-order valence-electron chi connectivity index (χ1n) is 9.19. The van der Waals surface area contributed by atoms with Gasteiger partial charge in [0, 0.05) is 5.56 Å². The lowest BCUT2D eigenvalue weighted by Gasteiger charge is -2.09. The fourth-order valence-corrected chi connectivity index (χ4v) is 3.20. The molecule has 1 fully saturated rings. The van der Waals surface area contributed by atoms with Gasteiger partial charge in [-0.15, -0.1) is 0 Å². The molecular formula is C21H16F4N2O3. The number of nitrogens with zero attached hydrogens (tertiary/aromatic N) is 2. The van der Waals surface area contributed by atoms with Gasteiger partial charge in [0.2, 0.25) is 5.82 Å². The minimum atomic E-state index is -4.49. The first-order chi connectivity index (χ1) is 14.2. The van der Waals surface area contributed by atoms with E-state index in [4.69, 9.17) is 9.26 Å². The lowest BCUT2D eigenvalue weighted by atomic mass is 10.1. The molecule has 4 rings (SSSR count). The van der Waals surface area contributed by atoms with Crippen molar-refractivity contribution in [3.05, 3.63) is 71.4 Å². The topological polar surface area (TPSA) is 65.2 Å². The van der Waals surface area contributed by atoms with Crippen LogP contribution in [0.4, 0.5) is 17.6 Å². The van der Waals surface area contributed by atoms with Crippen LogP contribution in [-0.2, 0) is 15.7 Å². The Bertz CT molecular complexity index is 1060. The van der Waals surface area contributed by atoms with E-state index >= 15 is 0 Å². The second-order valence-corrected chi connectivity index (χ2v) is 7.11. The van der Waals surface area contributed by atoms with E-state index in [1.54, 1.807) is 12.1 Å². The number of rotatable bonds is 5. The normalized spacial score (nSPS) is 19.4. The smallest absolute Gasteiger partial charge is 0.416 e. The fourth-order valence-electron chi connectivity index (χ4n) is 3.20. The number of halogens is 4. The summed E-state index contributed by atoms with van der Waals surface area (Å²) in [7, 11) is 0. The summed E-state index contributed by atoms with van der Waals surface area (Å²) in [5, 5.41) is 3.69. The highest BCUT2D eigenvalue weighted by molar-refractivity contribution is 5.77. The Kier molecular flexibility index (Phi) is 5.05. The van der Waals surface area contributed by atoms with Gasteiger partial charge in [0.15, 0.2) is 6.10 Å². The van der Waals surface area contributed by atoms with E-state index in [-0.39, 0.29) is 34.9 Å². The third-order valence-corrected chi connectivity index (χ3v) is 4.92. The predicted octanol–water partition coefficient (Wildman–Crippen LogP) is 5.30. The minimum absolute atomic E-state index is 0.0188. The Morgan fingerprint density at radius 1 is 1.20 bits per heavy atom. The van der Waals surface area contributed by atoms with Crippen molar-refractivity contribution < 1.29 is 31.6 Å². The standard InChI is InChI=1S/C21H16F4N2O3/c1-11(29-20(28)17-10-16(17)12-5-7-15(22)8-6-12)19-26-18(27-30-19)13-3-2-4-14(9-13)21(23,24)25/h2-9,11,16-17H,10H2,1H3. The minimum Gasteiger partial charge on any atom is -0.452 e. The number of carbonyl (C=O) groups excluding carboxylic acids is 1. The van der Waals surface area contributed by atoms with Crippen LogP contribution in [0, 0.1) is 11.7 Å². The Morgan fingerprint density at radius 3 is 2.63 bits per heavy atom. The summed E-state index contributed by atoms with van der Waals surface area (Å²) in [4.78, 5) is 16.4. The third-order valence-electron chi connectivity index (χ3n) is 4.92. The Hall–Kier alpha value is -3.23. The molecule has 1 aliphatic carbocycles. The first-order valence-corrected chi connectivity index (χ1v) is 9.19. The Labute approximate surface area is 168 Å². The molecule has 0 saturated heterocycles. The summed E-state index contributed by atoms with van der Waals surface area (Å²) < 4.78 is 62.1. The van der Waals surface area contributed by atoms with E-state index in [0.29, 0.717) is 6.42 Å². The average Bonchev–Trinajstić information content (AvgIpc) is 3.35. The quantitative estimate of drug-likeness (QED) is 0.414. The number of benzene rings is 2. The van der Waals surface area contributed by atoms with Gasteiger partial charge < -0.3 is 9.26 Å². The second-order valence-electron chi connectivity index (χ2n) is 7.11. The van der Waals surface area contributed by atoms with Crippen LogP contribution in [0.5, 0.6) is 0 Å². The molecule has 0 spiro atoms. The zero-order chi connectivity index (χ0) is 21.5. The van der Waals surface area contributed by atoms with Gasteiger partial charge in [0.1, 0.15) is 5.82 Å². The van der Waals surface area contributed by atoms with Crippen LogP contribution >= 0.6 is 0 Å². The number of hydrogen-bond acceptors (Lipinski definition) is 5. The maximum Gasteiger partial charge on any atom is 0.416 e. The van der Waals surface area contributed by atoms with Crippen molar-refractivity contribution in [2.75, 3.05) is 0 Å². The summed E-state index contributed by atoms with van der Waals surface area (Å²) in [6, 6.07) is 10.5. The van der Waals surface area contributed by atoms with Crippen LogP contribution in [0.1, 0.15) is 42.4 Å². The van der Waals surface area contributed by atoms with Crippen molar-refractivity contribution in [1.29, 1.82) is 0 Å². The summed E-state index contributed by atoms with van der Waals surface area (Å²) in [6.07, 6.45) is -4.76. The molecule has 0 N–H and O–H groups in total. The molecule has 1 aromatic heterocycles. The maximum atomic E-state index is 13.0. The molecule has 3 atom stereocenters. The molecule has 1 saturated carbocycles. The van der Waals surface area contributed by atoms with Gasteiger partial charge in [-0.2, -0.15) is 18.2 Å². The van der Waals surface area contributed by atoms with Gasteiger partial charge in [0.25, 0.3) is 5.89 Å². The molecular weight excluding hydrogens is 404 g/mol. The fraction of sp³-hybridized carbons (Fsp3) is 0.286. The molecule has 0 radical (unpaired) electrons. The highest BCUT2D eigenvalue weighted by Crippen LogP contribution is 2.48. The Morgan fingerprint density at radius 2 is 1.93 bits per heavy atom. The molecule has 2 aromatic carbocycles. The van der Waals surface area contributed by atoms with Crippen molar-refractivity contribution in [3.63, 3.8) is 0 Å². The lowest BCUT2D eigenvalue weighted by Crippen LogP contribution is -2.11. The van der Waals surface area contributed by atoms with Gasteiger partial charge >= 0.3 is 12.1 Å². The summed E-state index contributed by atoms with van der Waals surface area (Å²) >= 11 is 0. The molecule has 0 aliphatic heterocycles. The summed E-state index contributed by atoms with van der Waals surface area (Å²) in [5.74, 6) is -1.22. The highest BCUT2D eigenvalue weighted by atomic mass is 19.4. The van der Waals surface area contributed by atoms with Crippen LogP contribution in [0.25, 0.3) is 11.4 Å². The van der Waals surface area contributed by atoms with Gasteiger partial charge in [-0.05, 0) is 49.1 Å². The second kappa shape index (κ2) is 7.55. The van der Waals surface area contributed by atoms with Gasteiger partial charge in [0.05, 0.1) is 11.5 Å². The van der Waals surface area contributed by atoms with E-state index < -0.39 is 23.8 Å². The predicted molar refractivity (Wildman–Crippen MR) is 96.5 cm³/mol. The van der Waals surface area contributed by atoms with E-state index in [1.807, 2.05) is 0 Å². The number of carbonyl (C=O) groups is 1. The van der Waals surface area contributed by atoms with E-state index in [2.05, 4.69) is 10.1 Å². The first kappa shape index (κ1) is 20.1. The van der Waals surface area contributed by atoms with Crippen LogP contribution < -0.4 is 0 Å². The van der Waals surface area contributed by atoms with Crippen molar-refractivity contribution >= 4 is 5.97 Å². The van der Waals surface area contributed by atoms with Crippen molar-refractivity contribution in [1.82, 2.24) is 10.1 Å². The number of hydrogen-bond donors (Lipinski definition) is 0. The molecule has 5 nitrogen and oxygen atoms in total. The molecule has 156 valence electrons. The monoisotopic (exact) mass is 420 g/mol. The SMILES string of the molecule is CC(OC(=O)C1CC1c1ccc(F)cc1)c1nc(-c2cccc(C(F)(F)F)c2)no1. The van der Waals surface area contributed by atoms with Crippen LogP contribution in [0.3, 0.4) is 0 Å². The van der Waals surface area contributed by atoms with Crippen LogP contribution in [0.2, 0.25) is 0 Å². The zero-order valence-electron chi connectivity index (χ0n) is 15.7. The average molecular weight is 420 g/mol. The number of ether oxygens (including phenoxy) is 1. The molecule has 3 unspecified atom stereocenters. The molecule has 9 heteroatoms. The van der Waals surface area contributed by atoms with Crippen LogP contribution in [-0.4, -0.2) is 16.1 Å². The molecule has 1 aliphatic rings. The van der Waals surface area contributed by atoms with E-state index in [1.165, 1.54) is 31.2 Å². The lowest BCUT2D eigenvalue weighted by molar-refractivity contribution is -0.151. The molecule has 0 amide bonds. The zero-order valence-corrected chi connectivity index (χ0v) is 15.7. The number of alkyl halides is 3. The van der Waals surface area contributed by atoms with Crippen molar-refractivity contribution in [2.45, 2.75) is 31.5 Å². The Balaban J connectivity index is 1.41. The number of aromatic nitrogens is 2. The van der Waals surface area contributed by atoms with Crippen LogP contribution in [0.15, 0.2) is 53.1 Å². The van der Waals surface area contributed by atoms with Gasteiger partial charge in [-0.3, -0.25) is 4.79 Å². The molecule has 3 aromatic rings. The maximum absolute atomic E-state index is 13.0. The number of esters is 1. The largest absolute Gasteiger partial charge is 0.452 e. The molecule has 0 bridgehead atoms. The van der Waals surface area contributed by atoms with E-state index in [0.717, 1.165) is 17.7 Å².